The Hall–Kier alpha value is -3.68. The van der Waals surface area contributed by atoms with Crippen molar-refractivity contribution < 1.29 is 24.5 Å². The zero-order valence-corrected chi connectivity index (χ0v) is 17.3. The van der Waals surface area contributed by atoms with Crippen LogP contribution in [0.2, 0.25) is 0 Å². The Bertz CT molecular complexity index is 1050. The molecule has 1 heterocycles. The molecule has 7 nitrogen and oxygen atoms in total. The molecule has 7 heteroatoms. The highest BCUT2D eigenvalue weighted by Gasteiger charge is 2.12. The van der Waals surface area contributed by atoms with Crippen molar-refractivity contribution in [2.45, 2.75) is 13.2 Å². The summed E-state index contributed by atoms with van der Waals surface area (Å²) in [6.07, 6.45) is 4.81. The summed E-state index contributed by atoms with van der Waals surface area (Å²) in [7, 11) is 3.07. The number of methoxy groups -OCH3 is 2. The molecule has 3 rings (SSSR count). The van der Waals surface area contributed by atoms with E-state index >= 15 is 0 Å². The van der Waals surface area contributed by atoms with Gasteiger partial charge in [-0.3, -0.25) is 4.79 Å². The fourth-order valence-corrected chi connectivity index (χ4v) is 3.09. The lowest BCUT2D eigenvalue weighted by Crippen LogP contribution is -2.03. The summed E-state index contributed by atoms with van der Waals surface area (Å²) >= 11 is 0. The van der Waals surface area contributed by atoms with Crippen LogP contribution in [-0.2, 0) is 13.2 Å². The molecule has 0 aliphatic carbocycles. The normalized spacial score (nSPS) is 10.8. The largest absolute Gasteiger partial charge is 0.497 e. The number of aliphatic hydroxyl groups is 2. The van der Waals surface area contributed by atoms with Crippen molar-refractivity contribution in [2.24, 2.45) is 0 Å². The van der Waals surface area contributed by atoms with Gasteiger partial charge in [0.2, 0.25) is 0 Å². The van der Waals surface area contributed by atoms with Crippen LogP contribution < -0.4 is 14.8 Å². The maximum atomic E-state index is 12.5. The number of hydrogen-bond acceptors (Lipinski definition) is 7. The van der Waals surface area contributed by atoms with E-state index in [4.69, 9.17) is 9.47 Å². The van der Waals surface area contributed by atoms with Crippen molar-refractivity contribution in [3.63, 3.8) is 0 Å². The van der Waals surface area contributed by atoms with E-state index in [0.717, 1.165) is 0 Å². The SMILES string of the molecule is COc1ccc(C(=O)/C=C/c2cccnc2Nc2cc(CO)c(CO)c(OC)c2)cc1. The maximum absolute atomic E-state index is 12.5. The predicted octanol–water partition coefficient (Wildman–Crippen LogP) is 3.72. The van der Waals surface area contributed by atoms with Gasteiger partial charge in [-0.1, -0.05) is 0 Å². The molecular weight excluding hydrogens is 396 g/mol. The molecule has 0 fully saturated rings. The first-order chi connectivity index (χ1) is 15.1. The molecule has 0 unspecified atom stereocenters. The van der Waals surface area contributed by atoms with Crippen LogP contribution in [0.3, 0.4) is 0 Å². The summed E-state index contributed by atoms with van der Waals surface area (Å²) in [6, 6.07) is 13.9. The van der Waals surface area contributed by atoms with E-state index in [1.54, 1.807) is 61.8 Å². The van der Waals surface area contributed by atoms with E-state index in [2.05, 4.69) is 10.3 Å². The van der Waals surface area contributed by atoms with Crippen LogP contribution in [-0.4, -0.2) is 35.2 Å². The molecule has 0 aliphatic rings. The Labute approximate surface area is 180 Å². The number of hydrogen-bond donors (Lipinski definition) is 3. The first kappa shape index (κ1) is 22.0. The van der Waals surface area contributed by atoms with Crippen LogP contribution in [0.5, 0.6) is 11.5 Å². The molecule has 0 saturated heterocycles. The third-order valence-electron chi connectivity index (χ3n) is 4.74. The lowest BCUT2D eigenvalue weighted by atomic mass is 10.1. The molecule has 3 aromatic rings. The quantitative estimate of drug-likeness (QED) is 0.358. The number of carbonyl (C=O) groups is 1. The number of nitrogens with one attached hydrogen (secondary N) is 1. The summed E-state index contributed by atoms with van der Waals surface area (Å²) in [5.74, 6) is 1.53. The summed E-state index contributed by atoms with van der Waals surface area (Å²) in [5, 5.41) is 22.4. The molecule has 0 radical (unpaired) electrons. The molecule has 0 spiro atoms. The average Bonchev–Trinajstić information content (AvgIpc) is 2.82. The van der Waals surface area contributed by atoms with Crippen LogP contribution in [0.4, 0.5) is 11.5 Å². The molecular formula is C24H24N2O5. The molecule has 0 saturated carbocycles. The summed E-state index contributed by atoms with van der Waals surface area (Å²) in [5.41, 5.74) is 2.97. The average molecular weight is 420 g/mol. The van der Waals surface area contributed by atoms with Gasteiger partial charge in [-0.05, 0) is 60.2 Å². The van der Waals surface area contributed by atoms with Crippen LogP contribution in [0.1, 0.15) is 27.0 Å². The second-order valence-corrected chi connectivity index (χ2v) is 6.62. The second kappa shape index (κ2) is 10.4. The van der Waals surface area contributed by atoms with Crippen molar-refractivity contribution in [1.29, 1.82) is 0 Å². The number of pyridine rings is 1. The molecule has 0 bridgehead atoms. The molecule has 2 aromatic carbocycles. The van der Waals surface area contributed by atoms with Gasteiger partial charge in [-0.25, -0.2) is 4.98 Å². The highest BCUT2D eigenvalue weighted by molar-refractivity contribution is 6.07. The monoisotopic (exact) mass is 420 g/mol. The minimum absolute atomic E-state index is 0.144. The zero-order valence-electron chi connectivity index (χ0n) is 17.3. The standard InChI is InChI=1S/C24H24N2O5/c1-30-20-8-5-16(6-9-20)22(29)10-7-17-4-3-11-25-24(17)26-19-12-18(14-27)21(15-28)23(13-19)31-2/h3-13,27-28H,14-15H2,1-2H3,(H,25,26)/b10-7+. The predicted molar refractivity (Wildman–Crippen MR) is 119 cm³/mol. The molecule has 0 amide bonds. The number of aromatic nitrogens is 1. The van der Waals surface area contributed by atoms with Gasteiger partial charge >= 0.3 is 0 Å². The van der Waals surface area contributed by atoms with Crippen molar-refractivity contribution >= 4 is 23.4 Å². The van der Waals surface area contributed by atoms with Crippen LogP contribution in [0.15, 0.2) is 60.8 Å². The molecule has 3 N–H and O–H groups in total. The van der Waals surface area contributed by atoms with E-state index in [9.17, 15) is 15.0 Å². The first-order valence-corrected chi connectivity index (χ1v) is 9.59. The van der Waals surface area contributed by atoms with Crippen molar-refractivity contribution in [3.8, 4) is 11.5 Å². The number of rotatable bonds is 9. The number of allylic oxidation sites excluding steroid dienone is 1. The smallest absolute Gasteiger partial charge is 0.185 e. The van der Waals surface area contributed by atoms with E-state index in [1.165, 1.54) is 13.2 Å². The highest BCUT2D eigenvalue weighted by atomic mass is 16.5. The molecule has 160 valence electrons. The lowest BCUT2D eigenvalue weighted by molar-refractivity contribution is 0.104. The van der Waals surface area contributed by atoms with Gasteiger partial charge in [0, 0.05) is 34.6 Å². The Balaban J connectivity index is 1.85. The first-order valence-electron chi connectivity index (χ1n) is 9.59. The third-order valence-corrected chi connectivity index (χ3v) is 4.74. The second-order valence-electron chi connectivity index (χ2n) is 6.62. The number of benzene rings is 2. The van der Waals surface area contributed by atoms with Gasteiger partial charge in [0.25, 0.3) is 0 Å². The van der Waals surface area contributed by atoms with E-state index in [-0.39, 0.29) is 19.0 Å². The van der Waals surface area contributed by atoms with Crippen LogP contribution in [0.25, 0.3) is 6.08 Å². The van der Waals surface area contributed by atoms with Gasteiger partial charge in [-0.2, -0.15) is 0 Å². The summed E-state index contributed by atoms with van der Waals surface area (Å²) in [6.45, 7) is -0.489. The molecule has 0 aliphatic heterocycles. The summed E-state index contributed by atoms with van der Waals surface area (Å²) in [4.78, 5) is 16.8. The molecule has 0 atom stereocenters. The van der Waals surface area contributed by atoms with E-state index < -0.39 is 0 Å². The Morgan fingerprint density at radius 3 is 2.48 bits per heavy atom. The number of nitrogens with zero attached hydrogens (tertiary/aromatic N) is 1. The topological polar surface area (TPSA) is 101 Å². The maximum Gasteiger partial charge on any atom is 0.185 e. The fourth-order valence-electron chi connectivity index (χ4n) is 3.09. The van der Waals surface area contributed by atoms with Crippen molar-refractivity contribution in [2.75, 3.05) is 19.5 Å². The van der Waals surface area contributed by atoms with Crippen molar-refractivity contribution in [1.82, 2.24) is 4.98 Å². The van der Waals surface area contributed by atoms with Gasteiger partial charge in [0.15, 0.2) is 5.78 Å². The van der Waals surface area contributed by atoms with Crippen LogP contribution in [0, 0.1) is 0 Å². The Morgan fingerprint density at radius 2 is 1.84 bits per heavy atom. The fraction of sp³-hybridized carbons (Fsp3) is 0.167. The molecule has 1 aromatic heterocycles. The summed E-state index contributed by atoms with van der Waals surface area (Å²) < 4.78 is 10.4. The van der Waals surface area contributed by atoms with E-state index in [0.29, 0.717) is 45.3 Å². The minimum Gasteiger partial charge on any atom is -0.497 e. The number of aliphatic hydroxyl groups excluding tert-OH is 2. The van der Waals surface area contributed by atoms with Crippen LogP contribution >= 0.6 is 0 Å². The Morgan fingerprint density at radius 1 is 1.06 bits per heavy atom. The van der Waals surface area contributed by atoms with Gasteiger partial charge in [0.05, 0.1) is 27.4 Å². The lowest BCUT2D eigenvalue weighted by Gasteiger charge is -2.15. The van der Waals surface area contributed by atoms with Gasteiger partial charge in [0.1, 0.15) is 17.3 Å². The Kier molecular flexibility index (Phi) is 7.37. The van der Waals surface area contributed by atoms with Gasteiger partial charge in [-0.15, -0.1) is 0 Å². The van der Waals surface area contributed by atoms with Gasteiger partial charge < -0.3 is 25.0 Å². The third kappa shape index (κ3) is 5.28. The number of anilines is 2. The van der Waals surface area contributed by atoms with Crippen molar-refractivity contribution in [3.05, 3.63) is 83.1 Å². The minimum atomic E-state index is -0.246. The number of ketones is 1. The zero-order chi connectivity index (χ0) is 22.2. The molecule has 31 heavy (non-hydrogen) atoms. The van der Waals surface area contributed by atoms with E-state index in [1.807, 2.05) is 6.07 Å². The number of carbonyl (C=O) groups excluding carboxylic acids is 1. The highest BCUT2D eigenvalue weighted by Crippen LogP contribution is 2.30. The number of ether oxygens (including phenoxy) is 2.